The molecule has 8 nitrogen and oxygen atoms in total. The summed E-state index contributed by atoms with van der Waals surface area (Å²) in [5.41, 5.74) is 8.34. The van der Waals surface area contributed by atoms with Crippen LogP contribution < -0.4 is 20.4 Å². The van der Waals surface area contributed by atoms with E-state index in [0.717, 1.165) is 19.3 Å². The maximum Gasteiger partial charge on any atom is 0.133 e. The van der Waals surface area contributed by atoms with Crippen molar-refractivity contribution < 1.29 is 24.8 Å². The van der Waals surface area contributed by atoms with Gasteiger partial charge in [-0.2, -0.15) is 0 Å². The van der Waals surface area contributed by atoms with Crippen LogP contribution >= 0.6 is 50.1 Å². The van der Waals surface area contributed by atoms with Crippen LogP contribution in [0, 0.1) is 0 Å². The van der Waals surface area contributed by atoms with Crippen molar-refractivity contribution in [2.75, 3.05) is 32.2 Å². The average Bonchev–Trinajstić information content (AvgIpc) is 3.20. The third-order valence-corrected chi connectivity index (χ3v) is 7.87. The van der Waals surface area contributed by atoms with Crippen molar-refractivity contribution in [1.29, 1.82) is 0 Å². The Morgan fingerprint density at radius 1 is 1.06 bits per heavy atom. The van der Waals surface area contributed by atoms with Gasteiger partial charge in [0.2, 0.25) is 0 Å². The summed E-state index contributed by atoms with van der Waals surface area (Å²) in [5.74, 6) is 1.44. The van der Waals surface area contributed by atoms with Gasteiger partial charge in [-0.25, -0.2) is 0 Å². The minimum absolute atomic E-state index is 0.107. The van der Waals surface area contributed by atoms with E-state index in [1.807, 2.05) is 42.5 Å². The van der Waals surface area contributed by atoms with Crippen LogP contribution in [0.5, 0.6) is 11.5 Å². The second kappa shape index (κ2) is 12.8. The molecule has 0 saturated heterocycles. The normalized spacial score (nSPS) is 15.7. The smallest absolute Gasteiger partial charge is 0.133 e. The number of aliphatic hydroxyl groups excluding tert-OH is 3. The van der Waals surface area contributed by atoms with E-state index in [1.54, 1.807) is 5.01 Å². The number of hydrogen-bond acceptors (Lipinski definition) is 8. The standard InChI is InChI=1S/C24H30BrClIN3O5/c1-24(2,16-5-8-22(20(25)9-16)35-13-17(32)10-26)15-3-6-19(7-4-15)34-14-18(33)11-30-23(27)21(12-31)28-29-30/h3-9,17-18,28-29,31-33H,10-14H2,1-2H3/t17-,18-/m0/s1. The Bertz CT molecular complexity index is 1020. The van der Waals surface area contributed by atoms with Crippen LogP contribution in [-0.2, 0) is 5.41 Å². The number of β-amino-alcohol motifs (C(OH)–C–C–N with tert-alkyl or cyclic N) is 1. The molecule has 0 saturated carbocycles. The Hall–Kier alpha value is -1.28. The number of hydrazine groups is 2. The molecule has 2 aromatic rings. The fourth-order valence-electron chi connectivity index (χ4n) is 3.46. The lowest BCUT2D eigenvalue weighted by atomic mass is 9.78. The van der Waals surface area contributed by atoms with Gasteiger partial charge in [0.05, 0.1) is 29.2 Å². The highest BCUT2D eigenvalue weighted by Gasteiger charge is 2.25. The van der Waals surface area contributed by atoms with E-state index < -0.39 is 12.2 Å². The Morgan fingerprint density at radius 2 is 1.71 bits per heavy atom. The molecule has 1 heterocycles. The summed E-state index contributed by atoms with van der Waals surface area (Å²) in [4.78, 5) is 0. The summed E-state index contributed by atoms with van der Waals surface area (Å²) in [6.45, 7) is 4.74. The number of aliphatic hydroxyl groups is 3. The van der Waals surface area contributed by atoms with Crippen molar-refractivity contribution in [2.24, 2.45) is 0 Å². The van der Waals surface area contributed by atoms with Crippen molar-refractivity contribution in [3.63, 3.8) is 0 Å². The lowest BCUT2D eigenvalue weighted by Crippen LogP contribution is -2.43. The van der Waals surface area contributed by atoms with Gasteiger partial charge in [0.25, 0.3) is 0 Å². The van der Waals surface area contributed by atoms with Gasteiger partial charge in [-0.15, -0.1) is 17.1 Å². The molecule has 5 N–H and O–H groups in total. The van der Waals surface area contributed by atoms with Crippen molar-refractivity contribution in [1.82, 2.24) is 16.0 Å². The van der Waals surface area contributed by atoms with E-state index in [-0.39, 0.29) is 31.1 Å². The summed E-state index contributed by atoms with van der Waals surface area (Å²) in [7, 11) is 0. The average molecular weight is 683 g/mol. The molecule has 3 rings (SSSR count). The Balaban J connectivity index is 1.58. The summed E-state index contributed by atoms with van der Waals surface area (Å²) in [5, 5.41) is 31.0. The van der Waals surface area contributed by atoms with Crippen LogP contribution in [0.15, 0.2) is 56.3 Å². The zero-order valence-corrected chi connectivity index (χ0v) is 24.0. The maximum absolute atomic E-state index is 10.4. The third kappa shape index (κ3) is 7.37. The lowest BCUT2D eigenvalue weighted by Gasteiger charge is -2.27. The molecule has 0 radical (unpaired) electrons. The summed E-state index contributed by atoms with van der Waals surface area (Å²) in [6.07, 6.45) is -1.44. The molecule has 2 atom stereocenters. The molecule has 11 heteroatoms. The number of nitrogens with one attached hydrogen (secondary N) is 2. The van der Waals surface area contributed by atoms with Gasteiger partial charge >= 0.3 is 0 Å². The number of rotatable bonds is 12. The van der Waals surface area contributed by atoms with Gasteiger partial charge in [-0.05, 0) is 73.9 Å². The quantitative estimate of drug-likeness (QED) is 0.132. The predicted molar refractivity (Wildman–Crippen MR) is 148 cm³/mol. The maximum atomic E-state index is 10.4. The molecule has 0 aromatic heterocycles. The van der Waals surface area contributed by atoms with Crippen molar-refractivity contribution in [3.8, 4) is 11.5 Å². The Labute approximate surface area is 232 Å². The van der Waals surface area contributed by atoms with E-state index >= 15 is 0 Å². The van der Waals surface area contributed by atoms with Gasteiger partial charge in [-0.1, -0.05) is 32.0 Å². The second-order valence-electron chi connectivity index (χ2n) is 8.65. The van der Waals surface area contributed by atoms with E-state index in [0.29, 0.717) is 23.7 Å². The van der Waals surface area contributed by atoms with E-state index in [9.17, 15) is 15.3 Å². The molecule has 0 aliphatic carbocycles. The van der Waals surface area contributed by atoms with Crippen LogP contribution in [0.25, 0.3) is 0 Å². The number of hydrogen-bond donors (Lipinski definition) is 5. The Morgan fingerprint density at radius 3 is 2.31 bits per heavy atom. The molecule has 1 aliphatic heterocycles. The molecular weight excluding hydrogens is 653 g/mol. The number of alkyl halides is 1. The highest BCUT2D eigenvalue weighted by molar-refractivity contribution is 14.1. The van der Waals surface area contributed by atoms with E-state index in [2.05, 4.69) is 63.3 Å². The van der Waals surface area contributed by atoms with Crippen LogP contribution in [0.1, 0.15) is 25.0 Å². The highest BCUT2D eigenvalue weighted by atomic mass is 127. The predicted octanol–water partition coefficient (Wildman–Crippen LogP) is 3.41. The molecule has 0 bridgehead atoms. The first-order chi connectivity index (χ1) is 16.6. The van der Waals surface area contributed by atoms with Gasteiger partial charge in [0.1, 0.15) is 40.6 Å². The molecule has 192 valence electrons. The third-order valence-electron chi connectivity index (χ3n) is 5.66. The van der Waals surface area contributed by atoms with E-state index in [1.165, 1.54) is 0 Å². The van der Waals surface area contributed by atoms with Crippen LogP contribution in [0.3, 0.4) is 0 Å². The molecule has 0 spiro atoms. The Kier molecular flexibility index (Phi) is 10.3. The van der Waals surface area contributed by atoms with Gasteiger partial charge in [0.15, 0.2) is 0 Å². The van der Waals surface area contributed by atoms with Gasteiger partial charge in [0, 0.05) is 5.41 Å². The minimum atomic E-state index is -0.730. The fourth-order valence-corrected chi connectivity index (χ4v) is 4.66. The fraction of sp³-hybridized carbons (Fsp3) is 0.417. The number of benzene rings is 2. The summed E-state index contributed by atoms with van der Waals surface area (Å²) >= 11 is 11.3. The first-order valence-electron chi connectivity index (χ1n) is 11.0. The van der Waals surface area contributed by atoms with Gasteiger partial charge < -0.3 is 30.2 Å². The number of nitrogens with zero attached hydrogens (tertiary/aromatic N) is 1. The monoisotopic (exact) mass is 681 g/mol. The SMILES string of the molecule is CC(C)(c1ccc(OC[C@@H](O)CN2NNC(CO)=C2I)cc1)c1ccc(OC[C@@H](O)CCl)c(Br)c1. The van der Waals surface area contributed by atoms with Crippen molar-refractivity contribution >= 4 is 50.1 Å². The molecule has 0 fully saturated rings. The molecule has 35 heavy (non-hydrogen) atoms. The lowest BCUT2D eigenvalue weighted by molar-refractivity contribution is 0.0680. The number of ether oxygens (including phenoxy) is 2. The number of halogens is 3. The summed E-state index contributed by atoms with van der Waals surface area (Å²) in [6, 6.07) is 13.7. The largest absolute Gasteiger partial charge is 0.491 e. The first kappa shape index (κ1) is 28.3. The molecule has 0 amide bonds. The van der Waals surface area contributed by atoms with Crippen LogP contribution in [-0.4, -0.2) is 64.8 Å². The molecule has 2 aromatic carbocycles. The zero-order chi connectivity index (χ0) is 25.6. The van der Waals surface area contributed by atoms with Gasteiger partial charge in [-0.3, -0.25) is 5.01 Å². The zero-order valence-electron chi connectivity index (χ0n) is 19.5. The minimum Gasteiger partial charge on any atom is -0.491 e. The van der Waals surface area contributed by atoms with Crippen molar-refractivity contribution in [2.45, 2.75) is 31.5 Å². The van der Waals surface area contributed by atoms with Crippen LogP contribution in [0.2, 0.25) is 0 Å². The summed E-state index contributed by atoms with van der Waals surface area (Å²) < 4.78 is 13.0. The van der Waals surface area contributed by atoms with Crippen molar-refractivity contribution in [3.05, 3.63) is 67.5 Å². The topological polar surface area (TPSA) is 106 Å². The molecule has 1 aliphatic rings. The molecular formula is C24H30BrClIN3O5. The highest BCUT2D eigenvalue weighted by Crippen LogP contribution is 2.36. The van der Waals surface area contributed by atoms with E-state index in [4.69, 9.17) is 21.1 Å². The first-order valence-corrected chi connectivity index (χ1v) is 13.4. The molecule has 0 unspecified atom stereocenters. The second-order valence-corrected chi connectivity index (χ2v) is 10.8. The van der Waals surface area contributed by atoms with Crippen LogP contribution in [0.4, 0.5) is 0 Å².